The van der Waals surface area contributed by atoms with Crippen molar-refractivity contribution in [2.45, 2.75) is 70.1 Å². The molecule has 3 heterocycles. The first-order chi connectivity index (χ1) is 14.6. The van der Waals surface area contributed by atoms with Crippen molar-refractivity contribution < 1.29 is 14.4 Å². The molecule has 7 nitrogen and oxygen atoms in total. The van der Waals surface area contributed by atoms with Crippen LogP contribution in [0.5, 0.6) is 0 Å². The number of rotatable bonds is 4. The first kappa shape index (κ1) is 19.7. The number of hydrogen-bond donors (Lipinski definition) is 3. The first-order valence-corrected chi connectivity index (χ1v) is 11.3. The molecule has 3 amide bonds. The quantitative estimate of drug-likeness (QED) is 0.654. The second-order valence-electron chi connectivity index (χ2n) is 9.33. The number of carbonyl (C=O) groups excluding carboxylic acids is 3. The van der Waals surface area contributed by atoms with Gasteiger partial charge in [0.2, 0.25) is 11.8 Å². The third kappa shape index (κ3) is 3.44. The van der Waals surface area contributed by atoms with Crippen molar-refractivity contribution in [3.05, 3.63) is 34.9 Å². The molecule has 1 aliphatic carbocycles. The van der Waals surface area contributed by atoms with Crippen LogP contribution < -0.4 is 16.0 Å². The average Bonchev–Trinajstić information content (AvgIpc) is 3.28. The Morgan fingerprint density at radius 3 is 2.73 bits per heavy atom. The van der Waals surface area contributed by atoms with Gasteiger partial charge in [0.25, 0.3) is 5.91 Å². The van der Waals surface area contributed by atoms with Crippen molar-refractivity contribution in [2.24, 2.45) is 5.41 Å². The van der Waals surface area contributed by atoms with Crippen LogP contribution in [0, 0.1) is 5.41 Å². The Bertz CT molecular complexity index is 877. The van der Waals surface area contributed by atoms with Crippen LogP contribution >= 0.6 is 0 Å². The van der Waals surface area contributed by atoms with Gasteiger partial charge in [0.1, 0.15) is 6.04 Å². The summed E-state index contributed by atoms with van der Waals surface area (Å²) in [6, 6.07) is 6.09. The fraction of sp³-hybridized carbons (Fsp3) is 0.609. The molecule has 1 aromatic rings. The SMILES string of the molecule is O=C1CCC(N2Cc3ccc(CNC4CCCC45CCNCC5)cc3C2=O)C(=O)N1. The molecule has 1 aromatic carbocycles. The molecular formula is C23H30N4O3. The second-order valence-corrected chi connectivity index (χ2v) is 9.33. The molecule has 2 saturated heterocycles. The summed E-state index contributed by atoms with van der Waals surface area (Å²) >= 11 is 0. The molecule has 0 radical (unpaired) electrons. The van der Waals surface area contributed by atoms with Gasteiger partial charge in [0.15, 0.2) is 0 Å². The fourth-order valence-electron chi connectivity index (χ4n) is 5.93. The number of carbonyl (C=O) groups is 3. The van der Waals surface area contributed by atoms with Gasteiger partial charge in [0, 0.05) is 31.1 Å². The van der Waals surface area contributed by atoms with Crippen LogP contribution in [0.4, 0.5) is 0 Å². The molecule has 2 unspecified atom stereocenters. The summed E-state index contributed by atoms with van der Waals surface area (Å²) < 4.78 is 0. The summed E-state index contributed by atoms with van der Waals surface area (Å²) in [5, 5.41) is 9.64. The third-order valence-corrected chi connectivity index (χ3v) is 7.65. The summed E-state index contributed by atoms with van der Waals surface area (Å²) in [6.45, 7) is 3.43. The molecule has 160 valence electrons. The number of imide groups is 1. The minimum absolute atomic E-state index is 0.1000. The number of nitrogens with zero attached hydrogens (tertiary/aromatic N) is 1. The van der Waals surface area contributed by atoms with Gasteiger partial charge in [-0.05, 0) is 67.8 Å². The van der Waals surface area contributed by atoms with Crippen LogP contribution in [0.25, 0.3) is 0 Å². The highest BCUT2D eigenvalue weighted by atomic mass is 16.2. The van der Waals surface area contributed by atoms with Crippen molar-refractivity contribution in [1.29, 1.82) is 0 Å². The van der Waals surface area contributed by atoms with Crippen LogP contribution in [-0.2, 0) is 22.7 Å². The summed E-state index contributed by atoms with van der Waals surface area (Å²) in [7, 11) is 0. The minimum Gasteiger partial charge on any atom is -0.322 e. The van der Waals surface area contributed by atoms with Gasteiger partial charge in [0.05, 0.1) is 0 Å². The number of hydrogen-bond acceptors (Lipinski definition) is 5. The Hall–Kier alpha value is -2.25. The van der Waals surface area contributed by atoms with Gasteiger partial charge in [-0.1, -0.05) is 18.6 Å². The zero-order chi connectivity index (χ0) is 20.7. The van der Waals surface area contributed by atoms with E-state index in [1.807, 2.05) is 12.1 Å². The normalized spacial score (nSPS) is 28.1. The Labute approximate surface area is 177 Å². The van der Waals surface area contributed by atoms with E-state index in [4.69, 9.17) is 0 Å². The van der Waals surface area contributed by atoms with Crippen molar-refractivity contribution in [1.82, 2.24) is 20.9 Å². The smallest absolute Gasteiger partial charge is 0.255 e. The lowest BCUT2D eigenvalue weighted by molar-refractivity contribution is -0.136. The topological polar surface area (TPSA) is 90.5 Å². The first-order valence-electron chi connectivity index (χ1n) is 11.3. The largest absolute Gasteiger partial charge is 0.322 e. The van der Waals surface area contributed by atoms with Gasteiger partial charge in [-0.2, -0.15) is 0 Å². The number of piperidine rings is 2. The summed E-state index contributed by atoms with van der Waals surface area (Å²) in [6.07, 6.45) is 7.01. The lowest BCUT2D eigenvalue weighted by Crippen LogP contribution is -2.52. The number of nitrogens with one attached hydrogen (secondary N) is 3. The predicted octanol–water partition coefficient (Wildman–Crippen LogP) is 1.46. The maximum atomic E-state index is 13.0. The molecule has 4 aliphatic rings. The molecule has 7 heteroatoms. The highest BCUT2D eigenvalue weighted by molar-refractivity contribution is 6.05. The van der Waals surface area contributed by atoms with Crippen LogP contribution in [0.3, 0.4) is 0 Å². The van der Waals surface area contributed by atoms with Crippen molar-refractivity contribution in [2.75, 3.05) is 13.1 Å². The Kier molecular flexibility index (Phi) is 5.11. The number of benzene rings is 1. The van der Waals surface area contributed by atoms with Crippen molar-refractivity contribution in [3.63, 3.8) is 0 Å². The second kappa shape index (κ2) is 7.78. The molecule has 30 heavy (non-hydrogen) atoms. The molecular weight excluding hydrogens is 380 g/mol. The zero-order valence-corrected chi connectivity index (χ0v) is 17.3. The van der Waals surface area contributed by atoms with Gasteiger partial charge in [-0.15, -0.1) is 0 Å². The molecule has 5 rings (SSSR count). The van der Waals surface area contributed by atoms with E-state index in [1.54, 1.807) is 4.90 Å². The molecule has 1 spiro atoms. The van der Waals surface area contributed by atoms with Gasteiger partial charge < -0.3 is 15.5 Å². The average molecular weight is 411 g/mol. The summed E-state index contributed by atoms with van der Waals surface area (Å²) in [4.78, 5) is 38.3. The summed E-state index contributed by atoms with van der Waals surface area (Å²) in [5.41, 5.74) is 3.20. The maximum absolute atomic E-state index is 13.0. The van der Waals surface area contributed by atoms with Crippen LogP contribution in [0.1, 0.15) is 66.4 Å². The number of fused-ring (bicyclic) bond motifs is 1. The molecule has 3 N–H and O–H groups in total. The molecule has 3 aliphatic heterocycles. The molecule has 3 fully saturated rings. The fourth-order valence-corrected chi connectivity index (χ4v) is 5.93. The van der Waals surface area contributed by atoms with E-state index in [0.717, 1.165) is 30.8 Å². The van der Waals surface area contributed by atoms with Crippen molar-refractivity contribution >= 4 is 17.7 Å². The Morgan fingerprint density at radius 2 is 1.93 bits per heavy atom. The zero-order valence-electron chi connectivity index (χ0n) is 17.3. The lowest BCUT2D eigenvalue weighted by atomic mass is 9.74. The standard InChI is InChI=1S/C23H30N4O3/c28-20-6-5-18(21(29)26-20)27-14-16-4-3-15(12-17(16)22(27)30)13-25-19-2-1-7-23(19)8-10-24-11-9-23/h3-4,12,18-19,24-25H,1-2,5-11,13-14H2,(H,26,28,29). The molecule has 2 atom stereocenters. The lowest BCUT2D eigenvalue weighted by Gasteiger charge is -2.40. The van der Waals surface area contributed by atoms with Crippen molar-refractivity contribution in [3.8, 4) is 0 Å². The molecule has 0 aromatic heterocycles. The van der Waals surface area contributed by atoms with E-state index in [-0.39, 0.29) is 24.1 Å². The third-order valence-electron chi connectivity index (χ3n) is 7.65. The van der Waals surface area contributed by atoms with Crippen LogP contribution in [0.2, 0.25) is 0 Å². The van der Waals surface area contributed by atoms with E-state index in [2.05, 4.69) is 22.0 Å². The predicted molar refractivity (Wildman–Crippen MR) is 112 cm³/mol. The van der Waals surface area contributed by atoms with Gasteiger partial charge >= 0.3 is 0 Å². The molecule has 1 saturated carbocycles. The molecule has 0 bridgehead atoms. The van der Waals surface area contributed by atoms with Crippen LogP contribution in [-0.4, -0.2) is 47.8 Å². The van der Waals surface area contributed by atoms with Gasteiger partial charge in [-0.25, -0.2) is 0 Å². The maximum Gasteiger partial charge on any atom is 0.255 e. The number of amides is 3. The minimum atomic E-state index is -0.553. The van der Waals surface area contributed by atoms with E-state index in [1.165, 1.54) is 32.1 Å². The highest BCUT2D eigenvalue weighted by Crippen LogP contribution is 2.45. The monoisotopic (exact) mass is 410 g/mol. The van der Waals surface area contributed by atoms with E-state index in [9.17, 15) is 14.4 Å². The van der Waals surface area contributed by atoms with Gasteiger partial charge in [-0.3, -0.25) is 19.7 Å². The Balaban J connectivity index is 1.26. The van der Waals surface area contributed by atoms with E-state index < -0.39 is 6.04 Å². The van der Waals surface area contributed by atoms with Crippen LogP contribution in [0.15, 0.2) is 18.2 Å². The van der Waals surface area contributed by atoms with E-state index >= 15 is 0 Å². The highest BCUT2D eigenvalue weighted by Gasteiger charge is 2.43. The summed E-state index contributed by atoms with van der Waals surface area (Å²) in [5.74, 6) is -0.716. The Morgan fingerprint density at radius 1 is 1.10 bits per heavy atom. The van der Waals surface area contributed by atoms with E-state index in [0.29, 0.717) is 30.0 Å².